The van der Waals surface area contributed by atoms with Crippen LogP contribution in [0.25, 0.3) is 0 Å². The zero-order valence-electron chi connectivity index (χ0n) is 12.7. The Hall–Kier alpha value is -1.70. The van der Waals surface area contributed by atoms with E-state index in [0.717, 1.165) is 23.3 Å². The molecule has 0 bridgehead atoms. The van der Waals surface area contributed by atoms with Gasteiger partial charge in [0.25, 0.3) is 5.91 Å². The van der Waals surface area contributed by atoms with E-state index in [4.69, 9.17) is 0 Å². The first kappa shape index (κ1) is 16.2. The molecule has 1 aromatic carbocycles. The highest BCUT2D eigenvalue weighted by Gasteiger charge is 2.27. The quantitative estimate of drug-likeness (QED) is 0.840. The molecular formula is C16H18N2O3S2. The van der Waals surface area contributed by atoms with Crippen molar-refractivity contribution in [3.63, 3.8) is 0 Å². The van der Waals surface area contributed by atoms with Crippen molar-refractivity contribution in [3.05, 3.63) is 51.7 Å². The summed E-state index contributed by atoms with van der Waals surface area (Å²) in [7, 11) is -3.47. The molecule has 1 heterocycles. The summed E-state index contributed by atoms with van der Waals surface area (Å²) in [6.45, 7) is 2.48. The number of sulfonamides is 1. The van der Waals surface area contributed by atoms with Gasteiger partial charge in [0.2, 0.25) is 10.0 Å². The van der Waals surface area contributed by atoms with Gasteiger partial charge in [-0.1, -0.05) is 0 Å². The van der Waals surface area contributed by atoms with E-state index in [1.807, 2.05) is 18.4 Å². The maximum absolute atomic E-state index is 12.1. The molecule has 1 aromatic heterocycles. The lowest BCUT2D eigenvalue weighted by Gasteiger charge is -2.07. The van der Waals surface area contributed by atoms with Gasteiger partial charge < -0.3 is 5.32 Å². The largest absolute Gasteiger partial charge is 0.347 e. The van der Waals surface area contributed by atoms with Gasteiger partial charge in [0.15, 0.2) is 0 Å². The third-order valence-corrected chi connectivity index (χ3v) is 6.26. The number of nitrogens with one attached hydrogen (secondary N) is 2. The molecule has 0 saturated heterocycles. The second kappa shape index (κ2) is 6.43. The van der Waals surface area contributed by atoms with Crippen molar-refractivity contribution in [1.29, 1.82) is 0 Å². The van der Waals surface area contributed by atoms with Crippen LogP contribution >= 0.6 is 11.3 Å². The van der Waals surface area contributed by atoms with Crippen LogP contribution in [0.4, 0.5) is 0 Å². The first-order valence-corrected chi connectivity index (χ1v) is 9.75. The fraction of sp³-hybridized carbons (Fsp3) is 0.312. The molecule has 3 rings (SSSR count). The van der Waals surface area contributed by atoms with Crippen molar-refractivity contribution in [2.75, 3.05) is 0 Å². The first-order valence-electron chi connectivity index (χ1n) is 7.39. The van der Waals surface area contributed by atoms with E-state index in [2.05, 4.69) is 10.0 Å². The summed E-state index contributed by atoms with van der Waals surface area (Å²) >= 11 is 1.60. The van der Waals surface area contributed by atoms with Crippen molar-refractivity contribution >= 4 is 27.3 Å². The fourth-order valence-corrected chi connectivity index (χ4v) is 4.27. The average molecular weight is 350 g/mol. The van der Waals surface area contributed by atoms with Gasteiger partial charge in [-0.2, -0.15) is 0 Å². The molecule has 23 heavy (non-hydrogen) atoms. The van der Waals surface area contributed by atoms with Gasteiger partial charge in [-0.3, -0.25) is 4.79 Å². The molecule has 1 aliphatic carbocycles. The van der Waals surface area contributed by atoms with Gasteiger partial charge in [0.05, 0.1) is 11.4 Å². The topological polar surface area (TPSA) is 75.3 Å². The van der Waals surface area contributed by atoms with E-state index >= 15 is 0 Å². The summed E-state index contributed by atoms with van der Waals surface area (Å²) in [5, 5.41) is 4.84. The van der Waals surface area contributed by atoms with Gasteiger partial charge in [-0.25, -0.2) is 13.1 Å². The van der Waals surface area contributed by atoms with Crippen molar-refractivity contribution in [2.24, 2.45) is 0 Å². The van der Waals surface area contributed by atoms with Crippen LogP contribution in [0.1, 0.15) is 33.6 Å². The molecule has 1 fully saturated rings. The molecule has 0 unspecified atom stereocenters. The molecule has 5 nitrogen and oxygen atoms in total. The summed E-state index contributed by atoms with van der Waals surface area (Å²) in [6.07, 6.45) is 1.78. The highest BCUT2D eigenvalue weighted by molar-refractivity contribution is 7.89. The van der Waals surface area contributed by atoms with Crippen LogP contribution in [0.5, 0.6) is 0 Å². The number of hydrogen-bond acceptors (Lipinski definition) is 4. The minimum atomic E-state index is -3.47. The normalized spacial score (nSPS) is 14.7. The van der Waals surface area contributed by atoms with Crippen LogP contribution in [-0.4, -0.2) is 20.4 Å². The maximum atomic E-state index is 12.1. The highest BCUT2D eigenvalue weighted by Crippen LogP contribution is 2.22. The van der Waals surface area contributed by atoms with Crippen LogP contribution in [0.2, 0.25) is 0 Å². The second-order valence-corrected chi connectivity index (χ2v) is 8.34. The van der Waals surface area contributed by atoms with Crippen molar-refractivity contribution in [1.82, 2.24) is 10.0 Å². The molecule has 0 atom stereocenters. The Morgan fingerprint density at radius 3 is 2.48 bits per heavy atom. The number of aryl methyl sites for hydroxylation is 1. The fourth-order valence-electron chi connectivity index (χ4n) is 2.12. The van der Waals surface area contributed by atoms with Crippen LogP contribution in [-0.2, 0) is 16.6 Å². The number of carbonyl (C=O) groups excluding carboxylic acids is 1. The Balaban J connectivity index is 1.64. The maximum Gasteiger partial charge on any atom is 0.251 e. The van der Waals surface area contributed by atoms with E-state index < -0.39 is 10.0 Å². The molecular weight excluding hydrogens is 332 g/mol. The Labute approximate surface area is 139 Å². The molecule has 0 aliphatic heterocycles. The molecule has 0 radical (unpaired) electrons. The third-order valence-electron chi connectivity index (χ3n) is 3.70. The molecule has 1 aliphatic rings. The SMILES string of the molecule is Cc1ccsc1CNC(=O)c1ccc(S(=O)(=O)NC2CC2)cc1. The van der Waals surface area contributed by atoms with Gasteiger partial charge in [0.1, 0.15) is 0 Å². The van der Waals surface area contributed by atoms with E-state index in [0.29, 0.717) is 12.1 Å². The Bertz CT molecular complexity index is 806. The number of hydrogen-bond donors (Lipinski definition) is 2. The second-order valence-electron chi connectivity index (χ2n) is 5.63. The minimum absolute atomic E-state index is 0.0667. The lowest BCUT2D eigenvalue weighted by atomic mass is 10.2. The molecule has 2 N–H and O–H groups in total. The summed E-state index contributed by atoms with van der Waals surface area (Å²) in [5.41, 5.74) is 1.60. The number of thiophene rings is 1. The van der Waals surface area contributed by atoms with E-state index in [1.54, 1.807) is 11.3 Å². The Kier molecular flexibility index (Phi) is 4.52. The number of carbonyl (C=O) groups is 1. The lowest BCUT2D eigenvalue weighted by molar-refractivity contribution is 0.0951. The Morgan fingerprint density at radius 1 is 1.22 bits per heavy atom. The molecule has 1 saturated carbocycles. The van der Waals surface area contributed by atoms with Gasteiger partial charge in [-0.05, 0) is 61.0 Å². The van der Waals surface area contributed by atoms with Crippen molar-refractivity contribution in [2.45, 2.75) is 37.2 Å². The molecule has 2 aromatic rings. The predicted molar refractivity (Wildman–Crippen MR) is 90.0 cm³/mol. The summed E-state index contributed by atoms with van der Waals surface area (Å²) < 4.78 is 26.8. The van der Waals surface area contributed by atoms with Crippen LogP contribution in [0.15, 0.2) is 40.6 Å². The Morgan fingerprint density at radius 2 is 1.91 bits per heavy atom. The van der Waals surface area contributed by atoms with Gasteiger partial charge >= 0.3 is 0 Å². The van der Waals surface area contributed by atoms with Crippen LogP contribution < -0.4 is 10.0 Å². The van der Waals surface area contributed by atoms with E-state index in [-0.39, 0.29) is 16.8 Å². The van der Waals surface area contributed by atoms with Gasteiger partial charge in [0, 0.05) is 16.5 Å². The number of benzene rings is 1. The molecule has 7 heteroatoms. The first-order chi connectivity index (χ1) is 11.0. The van der Waals surface area contributed by atoms with E-state index in [9.17, 15) is 13.2 Å². The minimum Gasteiger partial charge on any atom is -0.347 e. The summed E-state index contributed by atoms with van der Waals surface area (Å²) in [5.74, 6) is -0.211. The van der Waals surface area contributed by atoms with Crippen molar-refractivity contribution in [3.8, 4) is 0 Å². The van der Waals surface area contributed by atoms with Crippen molar-refractivity contribution < 1.29 is 13.2 Å². The van der Waals surface area contributed by atoms with E-state index in [1.165, 1.54) is 24.3 Å². The standard InChI is InChI=1S/C16H18N2O3S2/c1-11-8-9-22-15(11)10-17-16(19)12-2-6-14(7-3-12)23(20,21)18-13-4-5-13/h2-3,6-9,13,18H,4-5,10H2,1H3,(H,17,19). The van der Waals surface area contributed by atoms with Crippen LogP contribution in [0, 0.1) is 6.92 Å². The third kappa shape index (κ3) is 3.99. The molecule has 1 amide bonds. The average Bonchev–Trinajstić information content (AvgIpc) is 3.24. The lowest BCUT2D eigenvalue weighted by Crippen LogP contribution is -2.26. The van der Waals surface area contributed by atoms with Gasteiger partial charge in [-0.15, -0.1) is 11.3 Å². The monoisotopic (exact) mass is 350 g/mol. The summed E-state index contributed by atoms with van der Waals surface area (Å²) in [4.78, 5) is 13.4. The zero-order chi connectivity index (χ0) is 16.4. The number of rotatable bonds is 6. The predicted octanol–water partition coefficient (Wildman–Crippen LogP) is 2.43. The highest BCUT2D eigenvalue weighted by atomic mass is 32.2. The molecule has 122 valence electrons. The van der Waals surface area contributed by atoms with Crippen LogP contribution in [0.3, 0.4) is 0 Å². The zero-order valence-corrected chi connectivity index (χ0v) is 14.3. The summed E-state index contributed by atoms with van der Waals surface area (Å²) in [6, 6.07) is 8.10. The molecule has 0 spiro atoms. The number of amides is 1. The smallest absolute Gasteiger partial charge is 0.251 e.